The fraction of sp³-hybridized carbons (Fsp3) is 0.0222. The molecule has 0 fully saturated rings. The van der Waals surface area contributed by atoms with E-state index in [-0.39, 0.29) is 5.41 Å². The van der Waals surface area contributed by atoms with Gasteiger partial charge in [0.2, 0.25) is 11.0 Å². The molecule has 7 aromatic rings. The smallest absolute Gasteiger partial charge is 0.207 e. The Hall–Kier alpha value is -7.15. The minimum atomic E-state index is -7.22. The summed E-state index contributed by atoms with van der Waals surface area (Å²) in [6, 6.07) is 31.8. The maximum Gasteiger partial charge on any atom is 0.229 e. The molecule has 0 saturated heterocycles. The predicted molar refractivity (Wildman–Crippen MR) is 196 cm³/mol. The second kappa shape index (κ2) is 17.0. The van der Waals surface area contributed by atoms with Crippen LogP contribution in [0.5, 0.6) is 0 Å². The van der Waals surface area contributed by atoms with Gasteiger partial charge < -0.3 is 0 Å². The van der Waals surface area contributed by atoms with Crippen molar-refractivity contribution in [2.24, 2.45) is 0 Å². The zero-order valence-corrected chi connectivity index (χ0v) is 31.8. The van der Waals surface area contributed by atoms with E-state index in [2.05, 4.69) is 97.1 Å². The summed E-state index contributed by atoms with van der Waals surface area (Å²) < 4.78 is 294. The van der Waals surface area contributed by atoms with E-state index in [1.807, 2.05) is 0 Å². The summed E-state index contributed by atoms with van der Waals surface area (Å²) in [5.74, 6) is -71.4. The van der Waals surface area contributed by atoms with Gasteiger partial charge in [-0.1, -0.05) is 66.7 Å². The molecule has 0 saturated carbocycles. The summed E-state index contributed by atoms with van der Waals surface area (Å²) in [4.78, 5) is 0. The standard InChI is InChI=1S/C24BF20.C21H15/c26-5-1(6(27)14(35)21(42)13(5)34)25(2-7(28)15(36)22(43)16(37)8(2)29,3-9(30)17(38)23(44)18(39)10(3)31)4-11(32)19(40)24(45)20(41)12(4)33;1-4-10-17(11-5-1)20-16-21(20,18-12-6-2-7-13-18)19-14-8-3-9-15-19/h;1-15H/q-1;+1. The molecule has 0 atom stereocenters. The first-order valence-corrected chi connectivity index (χ1v) is 18.2. The van der Waals surface area contributed by atoms with E-state index in [1.54, 1.807) is 0 Å². The van der Waals surface area contributed by atoms with Crippen LogP contribution in [0.1, 0.15) is 16.7 Å². The lowest BCUT2D eigenvalue weighted by atomic mass is 9.12. The summed E-state index contributed by atoms with van der Waals surface area (Å²) >= 11 is 0. The quantitative estimate of drug-likeness (QED) is 0.0491. The molecule has 0 N–H and O–H groups in total. The summed E-state index contributed by atoms with van der Waals surface area (Å²) in [5.41, 5.74) is -9.40. The SMILES string of the molecule is Fc1c(F)c(F)c([B-](c2c(F)c(F)c(F)c(F)c2F)(c2c(F)c(F)c(F)c(F)c2F)c2c(F)c(F)c(F)c(F)c2F)c(F)c1F.[C+]1=C(c2ccccc2)C1(c1ccccc1)c1ccccc1. The number of allylic oxidation sites excluding steroid dienone is 2. The fourth-order valence-corrected chi connectivity index (χ4v) is 7.90. The molecule has 1 aliphatic rings. The first-order valence-electron chi connectivity index (χ1n) is 18.2. The van der Waals surface area contributed by atoms with Gasteiger partial charge >= 0.3 is 0 Å². The van der Waals surface area contributed by atoms with Gasteiger partial charge in [-0.2, -0.15) is 0 Å². The molecule has 0 bridgehead atoms. The van der Waals surface area contributed by atoms with Crippen LogP contribution in [0.3, 0.4) is 0 Å². The highest BCUT2D eigenvalue weighted by Gasteiger charge is 2.61. The van der Waals surface area contributed by atoms with Crippen LogP contribution >= 0.6 is 0 Å². The number of benzene rings is 7. The molecule has 21 heteroatoms. The molecule has 66 heavy (non-hydrogen) atoms. The van der Waals surface area contributed by atoms with E-state index < -0.39 is 144 Å². The van der Waals surface area contributed by atoms with Crippen molar-refractivity contribution in [1.29, 1.82) is 0 Å². The van der Waals surface area contributed by atoms with E-state index in [9.17, 15) is 52.7 Å². The third-order valence-electron chi connectivity index (χ3n) is 10.8. The van der Waals surface area contributed by atoms with Crippen molar-refractivity contribution in [2.45, 2.75) is 5.41 Å². The molecule has 0 aliphatic heterocycles. The summed E-state index contributed by atoms with van der Waals surface area (Å²) in [6.45, 7) is 0. The molecule has 0 aromatic heterocycles. The lowest BCUT2D eigenvalue weighted by Crippen LogP contribution is -2.81. The van der Waals surface area contributed by atoms with Gasteiger partial charge in [-0.05, 0) is 12.1 Å². The molecule has 7 aromatic carbocycles. The molecular formula is C45H15BF20. The van der Waals surface area contributed by atoms with Crippen LogP contribution in [-0.2, 0) is 5.41 Å². The average Bonchev–Trinajstić information content (AvgIpc) is 4.10. The molecule has 0 unspecified atom stereocenters. The van der Waals surface area contributed by atoms with Crippen LogP contribution in [-0.4, -0.2) is 6.15 Å². The van der Waals surface area contributed by atoms with Crippen LogP contribution < -0.4 is 21.9 Å². The van der Waals surface area contributed by atoms with E-state index in [1.165, 1.54) is 22.3 Å². The number of halogens is 20. The maximum absolute atomic E-state index is 15.4. The normalized spacial score (nSPS) is 12.9. The third kappa shape index (κ3) is 6.77. The Labute approximate surface area is 356 Å². The number of hydrogen-bond donors (Lipinski definition) is 0. The molecule has 0 nitrogen and oxygen atoms in total. The molecule has 8 rings (SSSR count). The lowest BCUT2D eigenvalue weighted by Gasteiger charge is -2.44. The maximum atomic E-state index is 15.4. The van der Waals surface area contributed by atoms with Crippen LogP contribution in [0, 0.1) is 122 Å². The highest BCUT2D eigenvalue weighted by atomic mass is 19.2. The van der Waals surface area contributed by atoms with Gasteiger partial charge in [0.1, 0.15) is 58.2 Å². The van der Waals surface area contributed by atoms with Crippen LogP contribution in [0.2, 0.25) is 0 Å². The van der Waals surface area contributed by atoms with Gasteiger partial charge in [0, 0.05) is 23.3 Å². The summed E-state index contributed by atoms with van der Waals surface area (Å²) in [5, 5.41) is 0. The fourth-order valence-electron chi connectivity index (χ4n) is 7.90. The second-order valence-electron chi connectivity index (χ2n) is 14.1. The van der Waals surface area contributed by atoms with E-state index in [0.29, 0.717) is 0 Å². The van der Waals surface area contributed by atoms with Crippen molar-refractivity contribution >= 4 is 33.6 Å². The van der Waals surface area contributed by atoms with Crippen molar-refractivity contribution < 1.29 is 87.8 Å². The second-order valence-corrected chi connectivity index (χ2v) is 14.1. The van der Waals surface area contributed by atoms with E-state index in [4.69, 9.17) is 0 Å². The minimum absolute atomic E-state index is 0.177. The Morgan fingerprint density at radius 1 is 0.258 bits per heavy atom. The largest absolute Gasteiger partial charge is 0.229 e. The first-order chi connectivity index (χ1) is 31.1. The van der Waals surface area contributed by atoms with Gasteiger partial charge in [-0.15, -0.1) is 21.9 Å². The average molecular weight is 946 g/mol. The summed E-state index contributed by atoms with van der Waals surface area (Å²) in [7, 11) is 0. The van der Waals surface area contributed by atoms with Crippen LogP contribution in [0.25, 0.3) is 5.57 Å². The molecule has 1 aliphatic carbocycles. The Balaban J connectivity index is 0.000000254. The molecular weight excluding hydrogens is 931 g/mol. The zero-order chi connectivity index (χ0) is 48.5. The van der Waals surface area contributed by atoms with Gasteiger partial charge in [0.05, 0.1) is 6.08 Å². The van der Waals surface area contributed by atoms with Crippen molar-refractivity contribution in [2.75, 3.05) is 0 Å². The van der Waals surface area contributed by atoms with E-state index in [0.717, 1.165) is 0 Å². The molecule has 338 valence electrons. The third-order valence-corrected chi connectivity index (χ3v) is 10.8. The lowest BCUT2D eigenvalue weighted by molar-refractivity contribution is 0.378. The molecule has 0 spiro atoms. The van der Waals surface area contributed by atoms with Gasteiger partial charge in [-0.3, -0.25) is 0 Å². The van der Waals surface area contributed by atoms with Crippen LogP contribution in [0.15, 0.2) is 91.0 Å². The Morgan fingerprint density at radius 3 is 0.682 bits per heavy atom. The van der Waals surface area contributed by atoms with Crippen molar-refractivity contribution in [3.8, 4) is 0 Å². The van der Waals surface area contributed by atoms with E-state index >= 15 is 35.1 Å². The van der Waals surface area contributed by atoms with Crippen molar-refractivity contribution in [3.63, 3.8) is 0 Å². The first kappa shape index (κ1) is 46.8. The monoisotopic (exact) mass is 946 g/mol. The minimum Gasteiger partial charge on any atom is -0.207 e. The Bertz CT molecular complexity index is 2700. The Kier molecular flexibility index (Phi) is 12.1. The number of hydrogen-bond acceptors (Lipinski definition) is 0. The van der Waals surface area contributed by atoms with Crippen molar-refractivity contribution in [3.05, 3.63) is 230 Å². The van der Waals surface area contributed by atoms with Crippen molar-refractivity contribution in [1.82, 2.24) is 0 Å². The van der Waals surface area contributed by atoms with Gasteiger partial charge in [0.15, 0.2) is 69.8 Å². The van der Waals surface area contributed by atoms with Gasteiger partial charge in [0.25, 0.3) is 0 Å². The number of rotatable bonds is 7. The Morgan fingerprint density at radius 2 is 0.455 bits per heavy atom. The molecule has 0 heterocycles. The summed E-state index contributed by atoms with van der Waals surface area (Å²) in [6.07, 6.45) is -3.57. The topological polar surface area (TPSA) is 0 Å². The van der Waals surface area contributed by atoms with Crippen LogP contribution in [0.4, 0.5) is 87.8 Å². The zero-order valence-electron chi connectivity index (χ0n) is 31.8. The molecule has 0 amide bonds. The molecule has 0 radical (unpaired) electrons. The predicted octanol–water partition coefficient (Wildman–Crippen LogP) is 10.7. The highest BCUT2D eigenvalue weighted by molar-refractivity contribution is 7.20. The van der Waals surface area contributed by atoms with Gasteiger partial charge in [-0.25, -0.2) is 87.8 Å². The highest BCUT2D eigenvalue weighted by Crippen LogP contribution is 2.56.